The number of nitrogens with one attached hydrogen (secondary N) is 2. The van der Waals surface area contributed by atoms with Crippen LogP contribution in [0.3, 0.4) is 0 Å². The highest BCUT2D eigenvalue weighted by atomic mass is 16.5. The summed E-state index contributed by atoms with van der Waals surface area (Å²) >= 11 is 0. The zero-order valence-electron chi connectivity index (χ0n) is 14.0. The zero-order valence-corrected chi connectivity index (χ0v) is 14.0. The standard InChI is InChI=1S/C17H21N7O/c1-25-14-5-3-13(4-6-14)23-17-15(18)16(21-11-22-17)20-7-2-9-24-10-8-19-12-24/h3-6,8,10-12H,2,7,9,18H2,1H3,(H2,20,21,22,23). The molecule has 3 rings (SSSR count). The van der Waals surface area contributed by atoms with Crippen molar-refractivity contribution in [3.63, 3.8) is 0 Å². The molecule has 25 heavy (non-hydrogen) atoms. The maximum Gasteiger partial charge on any atom is 0.159 e. The van der Waals surface area contributed by atoms with Gasteiger partial charge in [-0.05, 0) is 30.7 Å². The van der Waals surface area contributed by atoms with Gasteiger partial charge in [-0.2, -0.15) is 0 Å². The maximum absolute atomic E-state index is 6.17. The lowest BCUT2D eigenvalue weighted by molar-refractivity contribution is 0.415. The Morgan fingerprint density at radius 3 is 2.68 bits per heavy atom. The van der Waals surface area contributed by atoms with E-state index in [2.05, 4.69) is 25.6 Å². The molecule has 1 aromatic carbocycles. The topological polar surface area (TPSA) is 103 Å². The van der Waals surface area contributed by atoms with E-state index in [1.807, 2.05) is 35.0 Å². The first-order valence-corrected chi connectivity index (χ1v) is 7.97. The van der Waals surface area contributed by atoms with Crippen LogP contribution in [0.25, 0.3) is 0 Å². The van der Waals surface area contributed by atoms with E-state index in [4.69, 9.17) is 10.5 Å². The molecule has 0 saturated carbocycles. The highest BCUT2D eigenvalue weighted by Gasteiger charge is 2.08. The number of aromatic nitrogens is 4. The number of nitrogen functional groups attached to an aromatic ring is 1. The highest BCUT2D eigenvalue weighted by Crippen LogP contribution is 2.26. The minimum Gasteiger partial charge on any atom is -0.497 e. The van der Waals surface area contributed by atoms with Crippen LogP contribution in [0.4, 0.5) is 23.0 Å². The van der Waals surface area contributed by atoms with Crippen molar-refractivity contribution in [2.24, 2.45) is 0 Å². The molecule has 4 N–H and O–H groups in total. The first-order valence-electron chi connectivity index (χ1n) is 7.97. The second-order valence-corrected chi connectivity index (χ2v) is 5.42. The van der Waals surface area contributed by atoms with E-state index in [0.717, 1.165) is 30.9 Å². The maximum atomic E-state index is 6.17. The van der Waals surface area contributed by atoms with E-state index in [-0.39, 0.29) is 0 Å². The number of hydrogen-bond donors (Lipinski definition) is 3. The van der Waals surface area contributed by atoms with Crippen molar-refractivity contribution in [2.45, 2.75) is 13.0 Å². The van der Waals surface area contributed by atoms with Gasteiger partial charge in [0, 0.05) is 31.2 Å². The van der Waals surface area contributed by atoms with Gasteiger partial charge in [-0.25, -0.2) is 15.0 Å². The quantitative estimate of drug-likeness (QED) is 0.542. The number of anilines is 4. The number of rotatable bonds is 8. The number of ether oxygens (including phenoxy) is 1. The van der Waals surface area contributed by atoms with Gasteiger partial charge >= 0.3 is 0 Å². The third kappa shape index (κ3) is 4.37. The minimum absolute atomic E-state index is 0.487. The van der Waals surface area contributed by atoms with Gasteiger partial charge in [0.05, 0.1) is 13.4 Å². The Hall–Kier alpha value is -3.29. The summed E-state index contributed by atoms with van der Waals surface area (Å²) < 4.78 is 7.18. The predicted octanol–water partition coefficient (Wildman–Crippen LogP) is 2.51. The molecule has 0 saturated heterocycles. The summed E-state index contributed by atoms with van der Waals surface area (Å²) in [7, 11) is 1.63. The van der Waals surface area contributed by atoms with Crippen molar-refractivity contribution in [3.8, 4) is 5.75 Å². The van der Waals surface area contributed by atoms with Crippen LogP contribution in [0.2, 0.25) is 0 Å². The van der Waals surface area contributed by atoms with Gasteiger partial charge in [0.2, 0.25) is 0 Å². The second-order valence-electron chi connectivity index (χ2n) is 5.42. The van der Waals surface area contributed by atoms with Gasteiger partial charge < -0.3 is 25.7 Å². The third-order valence-electron chi connectivity index (χ3n) is 3.68. The van der Waals surface area contributed by atoms with Gasteiger partial charge in [0.1, 0.15) is 17.8 Å². The van der Waals surface area contributed by atoms with E-state index in [0.29, 0.717) is 17.3 Å². The SMILES string of the molecule is COc1ccc(Nc2ncnc(NCCCn3ccnc3)c2N)cc1. The summed E-state index contributed by atoms with van der Waals surface area (Å²) in [5.41, 5.74) is 7.53. The van der Waals surface area contributed by atoms with Crippen LogP contribution in [0.5, 0.6) is 5.75 Å². The van der Waals surface area contributed by atoms with Gasteiger partial charge in [-0.15, -0.1) is 0 Å². The average Bonchev–Trinajstić information content (AvgIpc) is 3.16. The van der Waals surface area contributed by atoms with Gasteiger partial charge in [-0.3, -0.25) is 0 Å². The fourth-order valence-electron chi connectivity index (χ4n) is 2.33. The van der Waals surface area contributed by atoms with E-state index in [1.54, 1.807) is 19.6 Å². The van der Waals surface area contributed by atoms with Crippen molar-refractivity contribution in [3.05, 3.63) is 49.3 Å². The molecule has 0 unspecified atom stereocenters. The first-order chi connectivity index (χ1) is 12.3. The van der Waals surface area contributed by atoms with E-state index in [9.17, 15) is 0 Å². The lowest BCUT2D eigenvalue weighted by atomic mass is 10.3. The van der Waals surface area contributed by atoms with Gasteiger partial charge in [0.25, 0.3) is 0 Å². The molecule has 8 nitrogen and oxygen atoms in total. The Labute approximate surface area is 146 Å². The van der Waals surface area contributed by atoms with E-state index in [1.165, 1.54) is 6.33 Å². The van der Waals surface area contributed by atoms with E-state index >= 15 is 0 Å². The second kappa shape index (κ2) is 8.00. The van der Waals surface area contributed by atoms with Crippen LogP contribution in [0.15, 0.2) is 49.3 Å². The number of hydrogen-bond acceptors (Lipinski definition) is 7. The normalized spacial score (nSPS) is 10.4. The summed E-state index contributed by atoms with van der Waals surface area (Å²) in [4.78, 5) is 12.5. The number of nitrogens with zero attached hydrogens (tertiary/aromatic N) is 4. The summed E-state index contributed by atoms with van der Waals surface area (Å²) in [5.74, 6) is 1.98. The van der Waals surface area contributed by atoms with Crippen LogP contribution in [0.1, 0.15) is 6.42 Å². The summed E-state index contributed by atoms with van der Waals surface area (Å²) in [6.45, 7) is 1.64. The molecular weight excluding hydrogens is 318 g/mol. The molecule has 130 valence electrons. The van der Waals surface area contributed by atoms with Crippen LogP contribution >= 0.6 is 0 Å². The molecule has 0 spiro atoms. The number of imidazole rings is 1. The zero-order chi connectivity index (χ0) is 17.5. The molecule has 8 heteroatoms. The van der Waals surface area contributed by atoms with E-state index < -0.39 is 0 Å². The number of methoxy groups -OCH3 is 1. The summed E-state index contributed by atoms with van der Waals surface area (Å²) in [5, 5.41) is 6.44. The Morgan fingerprint density at radius 1 is 1.16 bits per heavy atom. The average molecular weight is 339 g/mol. The molecule has 2 heterocycles. The van der Waals surface area contributed by atoms with Crippen molar-refractivity contribution >= 4 is 23.0 Å². The van der Waals surface area contributed by atoms with Crippen molar-refractivity contribution in [1.29, 1.82) is 0 Å². The predicted molar refractivity (Wildman–Crippen MR) is 98.1 cm³/mol. The lowest BCUT2D eigenvalue weighted by Gasteiger charge is -2.13. The fraction of sp³-hybridized carbons (Fsp3) is 0.235. The first kappa shape index (κ1) is 16.6. The minimum atomic E-state index is 0.487. The van der Waals surface area contributed by atoms with Gasteiger partial charge in [0.15, 0.2) is 11.6 Å². The third-order valence-corrected chi connectivity index (χ3v) is 3.68. The molecule has 0 atom stereocenters. The molecule has 0 aliphatic heterocycles. The lowest BCUT2D eigenvalue weighted by Crippen LogP contribution is -2.10. The molecule has 0 radical (unpaired) electrons. The molecule has 0 aliphatic rings. The smallest absolute Gasteiger partial charge is 0.159 e. The molecule has 0 fully saturated rings. The van der Waals surface area contributed by atoms with Crippen LogP contribution < -0.4 is 21.1 Å². The number of aryl methyl sites for hydroxylation is 1. The Kier molecular flexibility index (Phi) is 5.30. The molecule has 2 aromatic heterocycles. The Bertz CT molecular complexity index is 787. The molecule has 0 bridgehead atoms. The Morgan fingerprint density at radius 2 is 1.96 bits per heavy atom. The van der Waals surface area contributed by atoms with Crippen LogP contribution in [-0.2, 0) is 6.54 Å². The Balaban J connectivity index is 1.58. The highest BCUT2D eigenvalue weighted by molar-refractivity contribution is 5.77. The number of benzene rings is 1. The van der Waals surface area contributed by atoms with Crippen LogP contribution in [-0.4, -0.2) is 33.2 Å². The summed E-state index contributed by atoms with van der Waals surface area (Å²) in [6.07, 6.45) is 7.93. The monoisotopic (exact) mass is 339 g/mol. The summed E-state index contributed by atoms with van der Waals surface area (Å²) in [6, 6.07) is 7.54. The molecule has 0 amide bonds. The molecular formula is C17H21N7O. The molecule has 3 aromatic rings. The number of nitrogens with two attached hydrogens (primary N) is 1. The van der Waals surface area contributed by atoms with Crippen LogP contribution in [0, 0.1) is 0 Å². The van der Waals surface area contributed by atoms with Crippen molar-refractivity contribution < 1.29 is 4.74 Å². The van der Waals surface area contributed by atoms with Crippen molar-refractivity contribution in [2.75, 3.05) is 30.0 Å². The van der Waals surface area contributed by atoms with Crippen molar-refractivity contribution in [1.82, 2.24) is 19.5 Å². The fourth-order valence-corrected chi connectivity index (χ4v) is 2.33. The van der Waals surface area contributed by atoms with Gasteiger partial charge in [-0.1, -0.05) is 0 Å². The molecule has 0 aliphatic carbocycles. The largest absolute Gasteiger partial charge is 0.497 e.